The molecule has 3 rings (SSSR count). The maximum absolute atomic E-state index is 5.28. The van der Waals surface area contributed by atoms with E-state index in [0.29, 0.717) is 5.89 Å². The summed E-state index contributed by atoms with van der Waals surface area (Å²) >= 11 is 0. The van der Waals surface area contributed by atoms with Crippen molar-refractivity contribution in [2.45, 2.75) is 33.2 Å². The van der Waals surface area contributed by atoms with E-state index in [1.165, 1.54) is 16.7 Å². The van der Waals surface area contributed by atoms with Gasteiger partial charge in [-0.3, -0.25) is 4.99 Å². The highest BCUT2D eigenvalue weighted by atomic mass is 127. The smallest absolute Gasteiger partial charge is 0.257 e. The molecule has 1 heterocycles. The fourth-order valence-corrected chi connectivity index (χ4v) is 2.88. The summed E-state index contributed by atoms with van der Waals surface area (Å²) in [6, 6.07) is 16.7. The molecule has 0 amide bonds. The maximum atomic E-state index is 5.28. The number of nitrogens with zero attached hydrogens (tertiary/aromatic N) is 3. The van der Waals surface area contributed by atoms with Crippen LogP contribution >= 0.6 is 24.0 Å². The van der Waals surface area contributed by atoms with Crippen LogP contribution in [0.1, 0.15) is 29.4 Å². The molecule has 0 aliphatic heterocycles. The molecule has 0 aliphatic carbocycles. The van der Waals surface area contributed by atoms with E-state index in [9.17, 15) is 0 Å². The summed E-state index contributed by atoms with van der Waals surface area (Å²) in [5.41, 5.74) is 4.68. The molecule has 0 saturated carbocycles. The molecule has 3 aromatic rings. The molecule has 6 nitrogen and oxygen atoms in total. The van der Waals surface area contributed by atoms with Crippen molar-refractivity contribution in [1.82, 2.24) is 20.8 Å². The molecule has 29 heavy (non-hydrogen) atoms. The van der Waals surface area contributed by atoms with E-state index in [0.717, 1.165) is 43.3 Å². The van der Waals surface area contributed by atoms with Crippen LogP contribution in [0.15, 0.2) is 58.0 Å². The molecular weight excluding hydrogens is 477 g/mol. The molecule has 7 heteroatoms. The monoisotopic (exact) mass is 505 g/mol. The number of nitrogens with one attached hydrogen (secondary N) is 2. The van der Waals surface area contributed by atoms with E-state index in [1.54, 1.807) is 7.05 Å². The van der Waals surface area contributed by atoms with E-state index >= 15 is 0 Å². The molecule has 0 atom stereocenters. The zero-order valence-electron chi connectivity index (χ0n) is 17.1. The molecule has 0 saturated heterocycles. The number of aromatic nitrogens is 2. The second kappa shape index (κ2) is 11.5. The Balaban J connectivity index is 0.00000300. The summed E-state index contributed by atoms with van der Waals surface area (Å²) in [5.74, 6) is 2.10. The second-order valence-electron chi connectivity index (χ2n) is 6.66. The van der Waals surface area contributed by atoms with Crippen molar-refractivity contribution in [3.8, 4) is 11.5 Å². The van der Waals surface area contributed by atoms with Gasteiger partial charge < -0.3 is 15.2 Å². The normalized spacial score (nSPS) is 11.1. The Morgan fingerprint density at radius 2 is 1.86 bits per heavy atom. The maximum Gasteiger partial charge on any atom is 0.257 e. The summed E-state index contributed by atoms with van der Waals surface area (Å²) in [7, 11) is 1.79. The lowest BCUT2D eigenvalue weighted by molar-refractivity contribution is 0.423. The van der Waals surface area contributed by atoms with Crippen molar-refractivity contribution in [1.29, 1.82) is 0 Å². The first-order valence-corrected chi connectivity index (χ1v) is 9.60. The van der Waals surface area contributed by atoms with E-state index in [-0.39, 0.29) is 24.0 Å². The van der Waals surface area contributed by atoms with Crippen LogP contribution in [0.4, 0.5) is 0 Å². The fraction of sp³-hybridized carbons (Fsp3) is 0.318. The minimum atomic E-state index is 0. The molecule has 0 aliphatic rings. The molecule has 0 bridgehead atoms. The molecule has 1 aromatic heterocycles. The molecule has 2 aromatic carbocycles. The average Bonchev–Trinajstić information content (AvgIpc) is 3.20. The second-order valence-corrected chi connectivity index (χ2v) is 6.66. The van der Waals surface area contributed by atoms with Gasteiger partial charge >= 0.3 is 0 Å². The van der Waals surface area contributed by atoms with Crippen molar-refractivity contribution in [2.75, 3.05) is 13.6 Å². The molecule has 154 valence electrons. The van der Waals surface area contributed by atoms with Crippen molar-refractivity contribution in [2.24, 2.45) is 4.99 Å². The molecule has 2 N–H and O–H groups in total. The van der Waals surface area contributed by atoms with Crippen LogP contribution in [0.5, 0.6) is 0 Å². The Morgan fingerprint density at radius 3 is 2.52 bits per heavy atom. The van der Waals surface area contributed by atoms with Gasteiger partial charge in [-0.15, -0.1) is 24.0 Å². The Labute approximate surface area is 189 Å². The molecule has 0 unspecified atom stereocenters. The van der Waals surface area contributed by atoms with Gasteiger partial charge in [-0.1, -0.05) is 54.0 Å². The highest BCUT2D eigenvalue weighted by Crippen LogP contribution is 2.18. The fourth-order valence-electron chi connectivity index (χ4n) is 2.88. The van der Waals surface area contributed by atoms with Crippen molar-refractivity contribution in [3.05, 3.63) is 71.0 Å². The first-order valence-electron chi connectivity index (χ1n) is 9.60. The minimum Gasteiger partial charge on any atom is -0.356 e. The predicted octanol–water partition coefficient (Wildman–Crippen LogP) is 4.13. The van der Waals surface area contributed by atoms with Gasteiger partial charge in [0.25, 0.3) is 5.89 Å². The average molecular weight is 505 g/mol. The van der Waals surface area contributed by atoms with Crippen LogP contribution in [0.25, 0.3) is 11.5 Å². The first kappa shape index (κ1) is 22.9. The van der Waals surface area contributed by atoms with Crippen LogP contribution in [-0.4, -0.2) is 29.7 Å². The van der Waals surface area contributed by atoms with Crippen molar-refractivity contribution in [3.63, 3.8) is 0 Å². The molecule has 0 fully saturated rings. The Morgan fingerprint density at radius 1 is 1.07 bits per heavy atom. The van der Waals surface area contributed by atoms with Gasteiger partial charge in [0.1, 0.15) is 0 Å². The topological polar surface area (TPSA) is 75.3 Å². The van der Waals surface area contributed by atoms with Crippen molar-refractivity contribution >= 4 is 29.9 Å². The third-order valence-corrected chi connectivity index (χ3v) is 4.46. The molecule has 0 radical (unpaired) electrons. The number of rotatable bonds is 7. The number of hydrogen-bond acceptors (Lipinski definition) is 4. The quantitative estimate of drug-likeness (QED) is 0.287. The van der Waals surface area contributed by atoms with E-state index in [4.69, 9.17) is 4.52 Å². The lowest BCUT2D eigenvalue weighted by atomic mass is 10.1. The van der Waals surface area contributed by atoms with Crippen molar-refractivity contribution < 1.29 is 4.52 Å². The van der Waals surface area contributed by atoms with Crippen LogP contribution in [0.3, 0.4) is 0 Å². The number of benzene rings is 2. The summed E-state index contributed by atoms with van der Waals surface area (Å²) in [4.78, 5) is 8.65. The number of aryl methyl sites for hydroxylation is 2. The summed E-state index contributed by atoms with van der Waals surface area (Å²) in [5, 5.41) is 10.6. The third-order valence-electron chi connectivity index (χ3n) is 4.46. The lowest BCUT2D eigenvalue weighted by Crippen LogP contribution is -2.37. The van der Waals surface area contributed by atoms with Crippen LogP contribution in [-0.2, 0) is 19.4 Å². The SMILES string of the molecule is CCc1noc(-c2ccc(CCNC(=NC)NCc3cccc(C)c3)cc2)n1.I. The number of hydrogen-bond donors (Lipinski definition) is 2. The highest BCUT2D eigenvalue weighted by molar-refractivity contribution is 14.0. The van der Waals surface area contributed by atoms with Gasteiger partial charge in [-0.05, 0) is 36.6 Å². The number of halogens is 1. The van der Waals surface area contributed by atoms with Gasteiger partial charge in [-0.25, -0.2) is 0 Å². The van der Waals surface area contributed by atoms with E-state index in [1.807, 2.05) is 19.1 Å². The number of aliphatic imine (C=N–C) groups is 1. The Hall–Kier alpha value is -2.42. The summed E-state index contributed by atoms with van der Waals surface area (Å²) in [6.07, 6.45) is 1.67. The van der Waals surface area contributed by atoms with Gasteiger partial charge in [0.05, 0.1) is 0 Å². The molecule has 0 spiro atoms. The lowest BCUT2D eigenvalue weighted by Gasteiger charge is -2.12. The number of guanidine groups is 1. The van der Waals surface area contributed by atoms with Crippen LogP contribution in [0, 0.1) is 6.92 Å². The van der Waals surface area contributed by atoms with Gasteiger partial charge in [0.15, 0.2) is 11.8 Å². The van der Waals surface area contributed by atoms with Crippen LogP contribution < -0.4 is 10.6 Å². The first-order chi connectivity index (χ1) is 13.7. The minimum absolute atomic E-state index is 0. The molecular formula is C22H28IN5O. The zero-order valence-corrected chi connectivity index (χ0v) is 19.4. The van der Waals surface area contributed by atoms with E-state index < -0.39 is 0 Å². The van der Waals surface area contributed by atoms with E-state index in [2.05, 4.69) is 69.1 Å². The summed E-state index contributed by atoms with van der Waals surface area (Å²) in [6.45, 7) is 5.66. The van der Waals surface area contributed by atoms with Gasteiger partial charge in [-0.2, -0.15) is 4.98 Å². The third kappa shape index (κ3) is 6.85. The van der Waals surface area contributed by atoms with Gasteiger partial charge in [0.2, 0.25) is 0 Å². The largest absolute Gasteiger partial charge is 0.356 e. The summed E-state index contributed by atoms with van der Waals surface area (Å²) < 4.78 is 5.28. The Kier molecular flexibility index (Phi) is 9.11. The Bertz CT molecular complexity index is 921. The van der Waals surface area contributed by atoms with Crippen LogP contribution in [0.2, 0.25) is 0 Å². The zero-order chi connectivity index (χ0) is 19.8. The van der Waals surface area contributed by atoms with Gasteiger partial charge in [0, 0.05) is 32.1 Å². The standard InChI is InChI=1S/C22H27N5O.HI/c1-4-20-26-21(28-27-20)19-10-8-17(9-11-19)12-13-24-22(23-3)25-15-18-7-5-6-16(2)14-18;/h5-11,14H,4,12-13,15H2,1-3H3,(H2,23,24,25);1H. The predicted molar refractivity (Wildman–Crippen MR) is 128 cm³/mol. The highest BCUT2D eigenvalue weighted by Gasteiger charge is 2.07.